The highest BCUT2D eigenvalue weighted by atomic mass is 79.9. The number of carbonyl (C=O) groups is 1. The number of rotatable bonds is 6. The maximum absolute atomic E-state index is 12.0. The molecule has 2 N–H and O–H groups in total. The summed E-state index contributed by atoms with van der Waals surface area (Å²) in [6, 6.07) is 3.87. The van der Waals surface area contributed by atoms with Crippen molar-refractivity contribution in [1.29, 1.82) is 0 Å². The molecule has 0 radical (unpaired) electrons. The van der Waals surface area contributed by atoms with Crippen LogP contribution in [0.5, 0.6) is 0 Å². The van der Waals surface area contributed by atoms with Crippen LogP contribution in [0.4, 0.5) is 0 Å². The molecule has 0 aromatic heterocycles. The van der Waals surface area contributed by atoms with Crippen LogP contribution in [-0.4, -0.2) is 26.0 Å². The second kappa shape index (κ2) is 6.83. The van der Waals surface area contributed by atoms with Gasteiger partial charge in [-0.05, 0) is 47.5 Å². The second-order valence-electron chi connectivity index (χ2n) is 3.71. The SMILES string of the molecule is C/C=C/CCNS(=O)(=O)c1cc(C(=O)O)ccc1Br. The number of aromatic carboxylic acids is 1. The Hall–Kier alpha value is -1.18. The fourth-order valence-corrected chi connectivity index (χ4v) is 3.40. The summed E-state index contributed by atoms with van der Waals surface area (Å²) in [5, 5.41) is 8.87. The molecular weight excluding hydrogens is 334 g/mol. The first-order chi connectivity index (χ1) is 8.88. The van der Waals surface area contributed by atoms with Crippen molar-refractivity contribution in [3.8, 4) is 0 Å². The average Bonchev–Trinajstić information content (AvgIpc) is 2.34. The average molecular weight is 348 g/mol. The highest BCUT2D eigenvalue weighted by Crippen LogP contribution is 2.23. The van der Waals surface area contributed by atoms with E-state index >= 15 is 0 Å². The van der Waals surface area contributed by atoms with E-state index < -0.39 is 16.0 Å². The molecule has 0 saturated carbocycles. The summed E-state index contributed by atoms with van der Waals surface area (Å²) in [4.78, 5) is 10.8. The summed E-state index contributed by atoms with van der Waals surface area (Å²) in [7, 11) is -3.72. The van der Waals surface area contributed by atoms with Gasteiger partial charge in [-0.2, -0.15) is 0 Å². The summed E-state index contributed by atoms with van der Waals surface area (Å²) in [6.07, 6.45) is 4.24. The first-order valence-corrected chi connectivity index (χ1v) is 7.79. The molecule has 19 heavy (non-hydrogen) atoms. The molecule has 0 aliphatic rings. The molecule has 104 valence electrons. The number of sulfonamides is 1. The van der Waals surface area contributed by atoms with Crippen LogP contribution >= 0.6 is 15.9 Å². The molecule has 7 heteroatoms. The number of hydrogen-bond donors (Lipinski definition) is 2. The minimum atomic E-state index is -3.72. The van der Waals surface area contributed by atoms with Crippen molar-refractivity contribution >= 4 is 31.9 Å². The normalized spacial score (nSPS) is 11.9. The second-order valence-corrected chi connectivity index (χ2v) is 6.30. The lowest BCUT2D eigenvalue weighted by Crippen LogP contribution is -2.25. The Bertz CT molecular complexity index is 596. The fraction of sp³-hybridized carbons (Fsp3) is 0.250. The largest absolute Gasteiger partial charge is 0.478 e. The van der Waals surface area contributed by atoms with Gasteiger partial charge >= 0.3 is 5.97 Å². The zero-order valence-electron chi connectivity index (χ0n) is 10.3. The van der Waals surface area contributed by atoms with E-state index in [4.69, 9.17) is 5.11 Å². The molecule has 0 fully saturated rings. The number of allylic oxidation sites excluding steroid dienone is 1. The number of carboxylic acid groups (broad SMARTS) is 1. The summed E-state index contributed by atoms with van der Waals surface area (Å²) in [5.41, 5.74) is -0.0722. The van der Waals surface area contributed by atoms with Crippen LogP contribution in [0.25, 0.3) is 0 Å². The molecule has 0 amide bonds. The highest BCUT2D eigenvalue weighted by Gasteiger charge is 2.19. The molecule has 0 bridgehead atoms. The van der Waals surface area contributed by atoms with Gasteiger partial charge in [-0.3, -0.25) is 0 Å². The number of halogens is 1. The van der Waals surface area contributed by atoms with Gasteiger partial charge in [-0.15, -0.1) is 0 Å². The van der Waals surface area contributed by atoms with E-state index in [9.17, 15) is 13.2 Å². The lowest BCUT2D eigenvalue weighted by atomic mass is 10.2. The lowest BCUT2D eigenvalue weighted by Gasteiger charge is -2.08. The molecule has 1 rings (SSSR count). The Morgan fingerprint density at radius 1 is 1.47 bits per heavy atom. The topological polar surface area (TPSA) is 83.5 Å². The van der Waals surface area contributed by atoms with Gasteiger partial charge < -0.3 is 5.11 Å². The van der Waals surface area contributed by atoms with Gasteiger partial charge in [0.2, 0.25) is 10.0 Å². The lowest BCUT2D eigenvalue weighted by molar-refractivity contribution is 0.0696. The molecule has 1 aromatic rings. The maximum atomic E-state index is 12.0. The van der Waals surface area contributed by atoms with Crippen LogP contribution in [-0.2, 0) is 10.0 Å². The third kappa shape index (κ3) is 4.45. The molecule has 0 atom stereocenters. The quantitative estimate of drug-likeness (QED) is 0.611. The molecule has 0 unspecified atom stereocenters. The zero-order chi connectivity index (χ0) is 14.5. The van der Waals surface area contributed by atoms with Gasteiger partial charge in [-0.25, -0.2) is 17.9 Å². The van der Waals surface area contributed by atoms with Gasteiger partial charge in [0, 0.05) is 11.0 Å². The summed E-state index contributed by atoms with van der Waals surface area (Å²) in [6.45, 7) is 2.11. The van der Waals surface area contributed by atoms with Gasteiger partial charge in [0.1, 0.15) is 0 Å². The van der Waals surface area contributed by atoms with E-state index in [1.807, 2.05) is 19.1 Å². The van der Waals surface area contributed by atoms with E-state index in [1.54, 1.807) is 0 Å². The van der Waals surface area contributed by atoms with E-state index in [2.05, 4.69) is 20.7 Å². The van der Waals surface area contributed by atoms with Crippen LogP contribution < -0.4 is 4.72 Å². The Morgan fingerprint density at radius 2 is 2.16 bits per heavy atom. The Balaban J connectivity index is 3.00. The van der Waals surface area contributed by atoms with Crippen molar-refractivity contribution in [2.24, 2.45) is 0 Å². The van der Waals surface area contributed by atoms with Crippen molar-refractivity contribution in [2.75, 3.05) is 6.54 Å². The van der Waals surface area contributed by atoms with Crippen LogP contribution in [0.1, 0.15) is 23.7 Å². The third-order valence-electron chi connectivity index (χ3n) is 2.31. The maximum Gasteiger partial charge on any atom is 0.335 e. The van der Waals surface area contributed by atoms with E-state index in [-0.39, 0.29) is 17.0 Å². The van der Waals surface area contributed by atoms with E-state index in [1.165, 1.54) is 12.1 Å². The molecule has 0 saturated heterocycles. The van der Waals surface area contributed by atoms with Crippen molar-refractivity contribution in [1.82, 2.24) is 4.72 Å². The fourth-order valence-electron chi connectivity index (χ4n) is 1.36. The minimum Gasteiger partial charge on any atom is -0.478 e. The summed E-state index contributed by atoms with van der Waals surface area (Å²) in [5.74, 6) is -1.17. The number of carboxylic acids is 1. The van der Waals surface area contributed by atoms with Crippen LogP contribution in [0.2, 0.25) is 0 Å². The molecule has 1 aromatic carbocycles. The number of benzene rings is 1. The van der Waals surface area contributed by atoms with E-state index in [0.717, 1.165) is 6.07 Å². The standard InChI is InChI=1S/C12H14BrNO4S/c1-2-3-4-7-14-19(17,18)11-8-9(12(15)16)5-6-10(11)13/h2-3,5-6,8,14H,4,7H2,1H3,(H,15,16)/b3-2+. The van der Waals surface area contributed by atoms with Gasteiger partial charge in [0.15, 0.2) is 0 Å². The monoisotopic (exact) mass is 347 g/mol. The van der Waals surface area contributed by atoms with Gasteiger partial charge in [0.05, 0.1) is 10.5 Å². The first-order valence-electron chi connectivity index (χ1n) is 5.52. The predicted octanol–water partition coefficient (Wildman–Crippen LogP) is 2.39. The molecule has 0 aliphatic heterocycles. The van der Waals surface area contributed by atoms with E-state index in [0.29, 0.717) is 10.9 Å². The molecule has 0 heterocycles. The molecule has 0 spiro atoms. The minimum absolute atomic E-state index is 0.0722. The first kappa shape index (κ1) is 15.9. The van der Waals surface area contributed by atoms with Crippen molar-refractivity contribution in [3.63, 3.8) is 0 Å². The Kier molecular flexibility index (Phi) is 5.71. The van der Waals surface area contributed by atoms with Crippen molar-refractivity contribution in [2.45, 2.75) is 18.2 Å². The predicted molar refractivity (Wildman–Crippen MR) is 75.7 cm³/mol. The number of hydrogen-bond acceptors (Lipinski definition) is 3. The van der Waals surface area contributed by atoms with Gasteiger partial charge in [0.25, 0.3) is 0 Å². The Labute approximate surface area is 120 Å². The van der Waals surface area contributed by atoms with Gasteiger partial charge in [-0.1, -0.05) is 12.2 Å². The van der Waals surface area contributed by atoms with Crippen molar-refractivity contribution < 1.29 is 18.3 Å². The zero-order valence-corrected chi connectivity index (χ0v) is 12.7. The molecule has 0 aliphatic carbocycles. The molecular formula is C12H14BrNO4S. The Morgan fingerprint density at radius 3 is 2.74 bits per heavy atom. The smallest absolute Gasteiger partial charge is 0.335 e. The number of nitrogens with one attached hydrogen (secondary N) is 1. The molecule has 5 nitrogen and oxygen atoms in total. The third-order valence-corrected chi connectivity index (χ3v) is 4.76. The van der Waals surface area contributed by atoms with Crippen LogP contribution in [0.15, 0.2) is 39.7 Å². The highest BCUT2D eigenvalue weighted by molar-refractivity contribution is 9.10. The summed E-state index contributed by atoms with van der Waals surface area (Å²) >= 11 is 3.11. The van der Waals surface area contributed by atoms with Crippen LogP contribution in [0.3, 0.4) is 0 Å². The van der Waals surface area contributed by atoms with Crippen LogP contribution in [0, 0.1) is 0 Å². The summed E-state index contributed by atoms with van der Waals surface area (Å²) < 4.78 is 26.8. The van der Waals surface area contributed by atoms with Crippen molar-refractivity contribution in [3.05, 3.63) is 40.4 Å².